The van der Waals surface area contributed by atoms with Crippen LogP contribution in [0.2, 0.25) is 0 Å². The molecule has 0 amide bonds. The minimum atomic E-state index is -0.110. The van der Waals surface area contributed by atoms with Crippen LogP contribution in [0.25, 0.3) is 0 Å². The Morgan fingerprint density at radius 2 is 2.19 bits per heavy atom. The number of aliphatic hydroxyl groups excluding tert-OH is 1. The fraction of sp³-hybridized carbons (Fsp3) is 0.636. The van der Waals surface area contributed by atoms with Gasteiger partial charge in [0.15, 0.2) is 0 Å². The molecule has 0 atom stereocenters. The molecule has 5 nitrogen and oxygen atoms in total. The molecule has 1 saturated heterocycles. The van der Waals surface area contributed by atoms with E-state index in [1.807, 2.05) is 0 Å². The number of nitrogens with zero attached hydrogens (tertiary/aromatic N) is 2. The van der Waals surface area contributed by atoms with Crippen molar-refractivity contribution >= 4 is 0 Å². The first-order chi connectivity index (χ1) is 7.88. The van der Waals surface area contributed by atoms with Crippen molar-refractivity contribution in [3.05, 3.63) is 18.1 Å². The Bertz CT molecular complexity index is 327. The average molecular weight is 224 g/mol. The molecule has 2 heterocycles. The minimum absolute atomic E-state index is 0.110. The van der Waals surface area contributed by atoms with Gasteiger partial charge in [0, 0.05) is 13.2 Å². The third-order valence-electron chi connectivity index (χ3n) is 2.63. The predicted molar refractivity (Wildman–Crippen MR) is 57.0 cm³/mol. The largest absolute Gasteiger partial charge is 0.476 e. The van der Waals surface area contributed by atoms with Crippen molar-refractivity contribution in [3.8, 4) is 5.88 Å². The Labute approximate surface area is 94.4 Å². The molecule has 1 N–H and O–H groups in total. The highest BCUT2D eigenvalue weighted by Gasteiger charge is 2.14. The van der Waals surface area contributed by atoms with Gasteiger partial charge in [-0.1, -0.05) is 0 Å². The molecule has 1 aromatic heterocycles. The van der Waals surface area contributed by atoms with Gasteiger partial charge >= 0.3 is 0 Å². The Hall–Kier alpha value is -1.20. The van der Waals surface area contributed by atoms with E-state index in [4.69, 9.17) is 14.6 Å². The number of aliphatic hydroxyl groups is 1. The minimum Gasteiger partial charge on any atom is -0.476 e. The van der Waals surface area contributed by atoms with Gasteiger partial charge in [-0.2, -0.15) is 0 Å². The quantitative estimate of drug-likeness (QED) is 0.818. The third kappa shape index (κ3) is 3.15. The number of hydrogen-bond donors (Lipinski definition) is 1. The first-order valence-electron chi connectivity index (χ1n) is 5.51. The van der Waals surface area contributed by atoms with Crippen LogP contribution >= 0.6 is 0 Å². The summed E-state index contributed by atoms with van der Waals surface area (Å²) >= 11 is 0. The van der Waals surface area contributed by atoms with E-state index in [0.717, 1.165) is 26.1 Å². The Balaban J connectivity index is 1.83. The van der Waals surface area contributed by atoms with E-state index in [2.05, 4.69) is 9.97 Å². The highest BCUT2D eigenvalue weighted by molar-refractivity contribution is 5.07. The average Bonchev–Trinajstić information content (AvgIpc) is 2.38. The fourth-order valence-electron chi connectivity index (χ4n) is 1.65. The molecule has 0 aromatic carbocycles. The summed E-state index contributed by atoms with van der Waals surface area (Å²) in [5.74, 6) is 1.02. The highest BCUT2D eigenvalue weighted by Crippen LogP contribution is 2.16. The van der Waals surface area contributed by atoms with Gasteiger partial charge in [-0.25, -0.2) is 4.98 Å². The summed E-state index contributed by atoms with van der Waals surface area (Å²) < 4.78 is 10.8. The molecule has 0 radical (unpaired) electrons. The monoisotopic (exact) mass is 224 g/mol. The van der Waals surface area contributed by atoms with E-state index in [1.54, 1.807) is 6.20 Å². The van der Waals surface area contributed by atoms with Crippen LogP contribution in [0.3, 0.4) is 0 Å². The first kappa shape index (κ1) is 11.3. The summed E-state index contributed by atoms with van der Waals surface area (Å²) in [5.41, 5.74) is 0.532. The van der Waals surface area contributed by atoms with Crippen LogP contribution in [0.4, 0.5) is 0 Å². The lowest BCUT2D eigenvalue weighted by Gasteiger charge is -2.21. The molecule has 0 unspecified atom stereocenters. The summed E-state index contributed by atoms with van der Waals surface area (Å²) in [6, 6.07) is 0. The van der Waals surface area contributed by atoms with Crippen molar-refractivity contribution in [2.24, 2.45) is 5.92 Å². The van der Waals surface area contributed by atoms with Crippen LogP contribution in [0.15, 0.2) is 12.4 Å². The lowest BCUT2D eigenvalue weighted by molar-refractivity contribution is 0.0489. The van der Waals surface area contributed by atoms with Gasteiger partial charge in [-0.3, -0.25) is 4.98 Å². The molecule has 1 aromatic rings. The molecule has 1 aliphatic heterocycles. The molecule has 1 aliphatic rings. The highest BCUT2D eigenvalue weighted by atomic mass is 16.5. The molecule has 0 bridgehead atoms. The maximum absolute atomic E-state index is 8.90. The van der Waals surface area contributed by atoms with Gasteiger partial charge in [0.1, 0.15) is 0 Å². The summed E-state index contributed by atoms with van der Waals surface area (Å²) in [5, 5.41) is 8.90. The Morgan fingerprint density at radius 3 is 2.94 bits per heavy atom. The molecule has 0 aliphatic carbocycles. The summed E-state index contributed by atoms with van der Waals surface area (Å²) in [6.07, 6.45) is 5.17. The second-order valence-corrected chi connectivity index (χ2v) is 3.87. The lowest BCUT2D eigenvalue weighted by Crippen LogP contribution is -2.21. The van der Waals surface area contributed by atoms with E-state index in [1.165, 1.54) is 6.20 Å². The molecule has 1 fully saturated rings. The zero-order chi connectivity index (χ0) is 11.2. The summed E-state index contributed by atoms with van der Waals surface area (Å²) in [7, 11) is 0. The molecule has 88 valence electrons. The normalized spacial score (nSPS) is 17.3. The fourth-order valence-corrected chi connectivity index (χ4v) is 1.65. The van der Waals surface area contributed by atoms with Crippen molar-refractivity contribution in [2.45, 2.75) is 19.4 Å². The second kappa shape index (κ2) is 5.77. The number of ether oxygens (including phenoxy) is 2. The van der Waals surface area contributed by atoms with Gasteiger partial charge in [-0.15, -0.1) is 0 Å². The standard InChI is InChI=1S/C11H16N2O3/c14-7-10-5-12-6-11(13-10)16-8-9-1-3-15-4-2-9/h5-6,9,14H,1-4,7-8H2. The molecular weight excluding hydrogens is 208 g/mol. The van der Waals surface area contributed by atoms with E-state index in [-0.39, 0.29) is 6.61 Å². The number of rotatable bonds is 4. The summed E-state index contributed by atoms with van der Waals surface area (Å²) in [6.45, 7) is 2.17. The zero-order valence-electron chi connectivity index (χ0n) is 9.13. The number of aromatic nitrogens is 2. The molecule has 16 heavy (non-hydrogen) atoms. The zero-order valence-corrected chi connectivity index (χ0v) is 9.13. The molecule has 5 heteroatoms. The van der Waals surface area contributed by atoms with Crippen LogP contribution in [-0.2, 0) is 11.3 Å². The van der Waals surface area contributed by atoms with Crippen LogP contribution in [-0.4, -0.2) is 34.9 Å². The van der Waals surface area contributed by atoms with Crippen molar-refractivity contribution < 1.29 is 14.6 Å². The van der Waals surface area contributed by atoms with Gasteiger partial charge in [0.2, 0.25) is 5.88 Å². The molecular formula is C11H16N2O3. The lowest BCUT2D eigenvalue weighted by atomic mass is 10.0. The van der Waals surface area contributed by atoms with Gasteiger partial charge in [-0.05, 0) is 18.8 Å². The van der Waals surface area contributed by atoms with Crippen molar-refractivity contribution in [2.75, 3.05) is 19.8 Å². The second-order valence-electron chi connectivity index (χ2n) is 3.87. The van der Waals surface area contributed by atoms with Crippen LogP contribution in [0.1, 0.15) is 18.5 Å². The molecule has 0 spiro atoms. The first-order valence-corrected chi connectivity index (χ1v) is 5.51. The maximum atomic E-state index is 8.90. The van der Waals surface area contributed by atoms with E-state index < -0.39 is 0 Å². The van der Waals surface area contributed by atoms with Crippen LogP contribution in [0.5, 0.6) is 5.88 Å². The topological polar surface area (TPSA) is 64.5 Å². The van der Waals surface area contributed by atoms with Crippen LogP contribution < -0.4 is 4.74 Å². The Kier molecular flexibility index (Phi) is 4.07. The van der Waals surface area contributed by atoms with Gasteiger partial charge < -0.3 is 14.6 Å². The number of hydrogen-bond acceptors (Lipinski definition) is 5. The smallest absolute Gasteiger partial charge is 0.232 e. The van der Waals surface area contributed by atoms with E-state index in [9.17, 15) is 0 Å². The third-order valence-corrected chi connectivity index (χ3v) is 2.63. The van der Waals surface area contributed by atoms with Crippen LogP contribution in [0, 0.1) is 5.92 Å². The Morgan fingerprint density at radius 1 is 1.38 bits per heavy atom. The van der Waals surface area contributed by atoms with Crippen molar-refractivity contribution in [3.63, 3.8) is 0 Å². The predicted octanol–water partition coefficient (Wildman–Crippen LogP) is 0.774. The van der Waals surface area contributed by atoms with Crippen molar-refractivity contribution in [1.82, 2.24) is 9.97 Å². The maximum Gasteiger partial charge on any atom is 0.232 e. The van der Waals surface area contributed by atoms with Gasteiger partial charge in [0.25, 0.3) is 0 Å². The molecule has 2 rings (SSSR count). The van der Waals surface area contributed by atoms with E-state index in [0.29, 0.717) is 24.1 Å². The van der Waals surface area contributed by atoms with Crippen molar-refractivity contribution in [1.29, 1.82) is 0 Å². The van der Waals surface area contributed by atoms with E-state index >= 15 is 0 Å². The summed E-state index contributed by atoms with van der Waals surface area (Å²) in [4.78, 5) is 8.06. The molecule has 0 saturated carbocycles. The van der Waals surface area contributed by atoms with Gasteiger partial charge in [0.05, 0.1) is 31.3 Å². The SMILES string of the molecule is OCc1cncc(OCC2CCOCC2)n1.